The quantitative estimate of drug-likeness (QED) is 0.468. The third-order valence-electron chi connectivity index (χ3n) is 3.70. The summed E-state index contributed by atoms with van der Waals surface area (Å²) in [6, 6.07) is 3.28. The van der Waals surface area contributed by atoms with Crippen molar-refractivity contribution in [2.24, 2.45) is 0 Å². The summed E-state index contributed by atoms with van der Waals surface area (Å²) in [6.45, 7) is 1.09. The number of hydrogen-bond donors (Lipinski definition) is 0. The summed E-state index contributed by atoms with van der Waals surface area (Å²) < 4.78 is 39.7. The van der Waals surface area contributed by atoms with Gasteiger partial charge in [0, 0.05) is 29.1 Å². The summed E-state index contributed by atoms with van der Waals surface area (Å²) in [7, 11) is 0. The Morgan fingerprint density at radius 1 is 1.28 bits per heavy atom. The molecule has 0 aliphatic heterocycles. The fourth-order valence-electron chi connectivity index (χ4n) is 2.50. The standard InChI is InChI=1S/C15H14F3N3O4/c1-9-5-12(10(2)20(9)8-15(16,17)18)13(22)7-19-6-11(21(24)25)3-4-14(19)23/h3-6H,7-8H2,1-2H3. The predicted octanol–water partition coefficient (Wildman–Crippen LogP) is 2.62. The molecule has 0 unspecified atom stereocenters. The highest BCUT2D eigenvalue weighted by Crippen LogP contribution is 2.23. The normalized spacial score (nSPS) is 11.6. The van der Waals surface area contributed by atoms with Crippen LogP contribution in [0.1, 0.15) is 21.7 Å². The Labute approximate surface area is 139 Å². The summed E-state index contributed by atoms with van der Waals surface area (Å²) in [4.78, 5) is 34.2. The number of rotatable bonds is 5. The van der Waals surface area contributed by atoms with Crippen LogP contribution in [-0.2, 0) is 13.1 Å². The molecule has 0 saturated carbocycles. The third-order valence-corrected chi connectivity index (χ3v) is 3.70. The molecule has 0 saturated heterocycles. The van der Waals surface area contributed by atoms with E-state index in [0.717, 1.165) is 27.5 Å². The Kier molecular flexibility index (Phi) is 4.82. The number of carbonyl (C=O) groups is 1. The van der Waals surface area contributed by atoms with Gasteiger partial charge in [-0.15, -0.1) is 0 Å². The first-order valence-corrected chi connectivity index (χ1v) is 7.11. The lowest BCUT2D eigenvalue weighted by Crippen LogP contribution is -2.24. The molecule has 2 aromatic rings. The minimum atomic E-state index is -4.44. The number of alkyl halides is 3. The van der Waals surface area contributed by atoms with Crippen molar-refractivity contribution in [3.63, 3.8) is 0 Å². The van der Waals surface area contributed by atoms with E-state index in [4.69, 9.17) is 0 Å². The van der Waals surface area contributed by atoms with Gasteiger partial charge in [-0.25, -0.2) is 0 Å². The van der Waals surface area contributed by atoms with Crippen molar-refractivity contribution in [1.29, 1.82) is 0 Å². The van der Waals surface area contributed by atoms with Crippen LogP contribution >= 0.6 is 0 Å². The Balaban J connectivity index is 2.34. The van der Waals surface area contributed by atoms with Gasteiger partial charge in [0.15, 0.2) is 5.78 Å². The van der Waals surface area contributed by atoms with Gasteiger partial charge in [0.25, 0.3) is 11.2 Å². The number of aromatic nitrogens is 2. The largest absolute Gasteiger partial charge is 0.406 e. The zero-order valence-corrected chi connectivity index (χ0v) is 13.3. The molecule has 10 heteroatoms. The highest BCUT2D eigenvalue weighted by molar-refractivity contribution is 5.97. The maximum Gasteiger partial charge on any atom is 0.406 e. The summed E-state index contributed by atoms with van der Waals surface area (Å²) in [5, 5.41) is 10.8. The lowest BCUT2D eigenvalue weighted by atomic mass is 10.1. The van der Waals surface area contributed by atoms with Gasteiger partial charge in [-0.2, -0.15) is 13.2 Å². The topological polar surface area (TPSA) is 87.1 Å². The number of aryl methyl sites for hydroxylation is 1. The Morgan fingerprint density at radius 2 is 1.92 bits per heavy atom. The number of nitro groups is 1. The molecule has 0 fully saturated rings. The number of carbonyl (C=O) groups excluding carboxylic acids is 1. The number of hydrogen-bond acceptors (Lipinski definition) is 4. The van der Waals surface area contributed by atoms with Crippen molar-refractivity contribution in [3.8, 4) is 0 Å². The highest BCUT2D eigenvalue weighted by atomic mass is 19.4. The second kappa shape index (κ2) is 6.54. The van der Waals surface area contributed by atoms with Crippen LogP contribution in [0.4, 0.5) is 18.9 Å². The minimum Gasteiger partial charge on any atom is -0.339 e. The molecular formula is C15H14F3N3O4. The molecule has 0 aliphatic carbocycles. The number of nitrogens with zero attached hydrogens (tertiary/aromatic N) is 3. The predicted molar refractivity (Wildman–Crippen MR) is 81.6 cm³/mol. The molecule has 0 aliphatic rings. The number of Topliss-reactive ketones (excluding diaryl/α,β-unsaturated/α-hetero) is 1. The van der Waals surface area contributed by atoms with Gasteiger partial charge in [0.1, 0.15) is 6.54 Å². The van der Waals surface area contributed by atoms with Crippen LogP contribution in [0.15, 0.2) is 29.2 Å². The van der Waals surface area contributed by atoms with Crippen LogP contribution in [0, 0.1) is 24.0 Å². The lowest BCUT2D eigenvalue weighted by molar-refractivity contribution is -0.385. The summed E-state index contributed by atoms with van der Waals surface area (Å²) >= 11 is 0. The van der Waals surface area contributed by atoms with Crippen LogP contribution in [-0.4, -0.2) is 26.0 Å². The second-order valence-corrected chi connectivity index (χ2v) is 5.52. The molecule has 25 heavy (non-hydrogen) atoms. The molecule has 0 atom stereocenters. The van der Waals surface area contributed by atoms with Gasteiger partial charge < -0.3 is 9.13 Å². The van der Waals surface area contributed by atoms with Crippen LogP contribution < -0.4 is 5.56 Å². The average Bonchev–Trinajstić information content (AvgIpc) is 2.76. The van der Waals surface area contributed by atoms with E-state index in [9.17, 15) is 32.9 Å². The molecule has 0 aromatic carbocycles. The molecule has 134 valence electrons. The first-order chi connectivity index (χ1) is 11.5. The van der Waals surface area contributed by atoms with E-state index in [0.29, 0.717) is 0 Å². The van der Waals surface area contributed by atoms with E-state index >= 15 is 0 Å². The highest BCUT2D eigenvalue weighted by Gasteiger charge is 2.30. The third kappa shape index (κ3) is 4.14. The van der Waals surface area contributed by atoms with E-state index in [1.807, 2.05) is 0 Å². The van der Waals surface area contributed by atoms with Crippen molar-refractivity contribution in [2.45, 2.75) is 33.1 Å². The van der Waals surface area contributed by atoms with E-state index < -0.39 is 35.5 Å². The molecule has 0 spiro atoms. The van der Waals surface area contributed by atoms with Gasteiger partial charge in [0.05, 0.1) is 17.7 Å². The van der Waals surface area contributed by atoms with Gasteiger partial charge in [-0.05, 0) is 19.9 Å². The van der Waals surface area contributed by atoms with E-state index in [-0.39, 0.29) is 22.6 Å². The van der Waals surface area contributed by atoms with Crippen molar-refractivity contribution < 1.29 is 22.9 Å². The number of ketones is 1. The second-order valence-electron chi connectivity index (χ2n) is 5.52. The van der Waals surface area contributed by atoms with Crippen molar-refractivity contribution in [2.75, 3.05) is 0 Å². The molecule has 0 bridgehead atoms. The maximum absolute atomic E-state index is 12.6. The van der Waals surface area contributed by atoms with Gasteiger partial charge in [-0.1, -0.05) is 0 Å². The lowest BCUT2D eigenvalue weighted by Gasteiger charge is -2.12. The SMILES string of the molecule is Cc1cc(C(=O)Cn2cc([N+](=O)[O-])ccc2=O)c(C)n1CC(F)(F)F. The minimum absolute atomic E-state index is 0.0418. The molecule has 2 aromatic heterocycles. The maximum atomic E-state index is 12.6. The van der Waals surface area contributed by atoms with Crippen molar-refractivity contribution in [3.05, 3.63) is 61.8 Å². The summed E-state index contributed by atoms with van der Waals surface area (Å²) in [6.07, 6.45) is -3.51. The van der Waals surface area contributed by atoms with E-state index in [1.54, 1.807) is 0 Å². The smallest absolute Gasteiger partial charge is 0.339 e. The fourth-order valence-corrected chi connectivity index (χ4v) is 2.50. The first-order valence-electron chi connectivity index (χ1n) is 7.11. The van der Waals surface area contributed by atoms with Gasteiger partial charge in [-0.3, -0.25) is 19.7 Å². The zero-order valence-electron chi connectivity index (χ0n) is 13.3. The van der Waals surface area contributed by atoms with Crippen molar-refractivity contribution in [1.82, 2.24) is 9.13 Å². The zero-order chi connectivity index (χ0) is 18.9. The molecule has 0 radical (unpaired) electrons. The summed E-state index contributed by atoms with van der Waals surface area (Å²) in [5.74, 6) is -0.607. The number of pyridine rings is 1. The van der Waals surface area contributed by atoms with Crippen LogP contribution in [0.5, 0.6) is 0 Å². The number of halogens is 3. The van der Waals surface area contributed by atoms with Crippen LogP contribution in [0.3, 0.4) is 0 Å². The molecule has 7 nitrogen and oxygen atoms in total. The average molecular weight is 357 g/mol. The Morgan fingerprint density at radius 3 is 2.48 bits per heavy atom. The molecule has 0 N–H and O–H groups in total. The summed E-state index contributed by atoms with van der Waals surface area (Å²) in [5.41, 5.74) is -0.569. The molecule has 2 heterocycles. The van der Waals surface area contributed by atoms with Crippen LogP contribution in [0.2, 0.25) is 0 Å². The first kappa shape index (κ1) is 18.4. The monoisotopic (exact) mass is 357 g/mol. The van der Waals surface area contributed by atoms with Crippen molar-refractivity contribution >= 4 is 11.5 Å². The fraction of sp³-hybridized carbons (Fsp3) is 0.333. The van der Waals surface area contributed by atoms with Gasteiger partial charge in [0.2, 0.25) is 0 Å². The van der Waals surface area contributed by atoms with Crippen LogP contribution in [0.25, 0.3) is 0 Å². The molecule has 0 amide bonds. The van der Waals surface area contributed by atoms with E-state index in [1.165, 1.54) is 19.9 Å². The molecular weight excluding hydrogens is 343 g/mol. The van der Waals surface area contributed by atoms with E-state index in [2.05, 4.69) is 0 Å². The molecule has 2 rings (SSSR count). The Bertz CT molecular complexity index is 896. The Hall–Kier alpha value is -2.91. The van der Waals surface area contributed by atoms with Gasteiger partial charge >= 0.3 is 6.18 Å².